The van der Waals surface area contributed by atoms with Crippen LogP contribution in [0.25, 0.3) is 0 Å². The summed E-state index contributed by atoms with van der Waals surface area (Å²) in [5.74, 6) is 3.73. The van der Waals surface area contributed by atoms with Crippen LogP contribution < -0.4 is 0 Å². The molecule has 6 heterocycles. The minimum atomic E-state index is 0.142. The Balaban J connectivity index is 0.000000191. The van der Waals surface area contributed by atoms with Crippen molar-refractivity contribution < 1.29 is 8.83 Å². The summed E-state index contributed by atoms with van der Waals surface area (Å²) in [6, 6.07) is 0. The van der Waals surface area contributed by atoms with E-state index in [4.69, 9.17) is 8.83 Å². The highest BCUT2D eigenvalue weighted by atomic mass is 32.1. The Labute approximate surface area is 459 Å². The second kappa shape index (κ2) is 20.2. The van der Waals surface area contributed by atoms with Gasteiger partial charge in [0.15, 0.2) is 11.8 Å². The first-order valence-electron chi connectivity index (χ1n) is 28.1. The Bertz CT molecular complexity index is 2410. The van der Waals surface area contributed by atoms with E-state index in [0.717, 1.165) is 34.7 Å². The van der Waals surface area contributed by atoms with Crippen molar-refractivity contribution in [2.45, 2.75) is 293 Å². The summed E-state index contributed by atoms with van der Waals surface area (Å²) in [5, 5.41) is 8.31. The van der Waals surface area contributed by atoms with Gasteiger partial charge in [-0.05, 0) is 6.92 Å². The van der Waals surface area contributed by atoms with E-state index in [9.17, 15) is 0 Å². The Morgan fingerprint density at radius 3 is 1.03 bits per heavy atom. The third kappa shape index (κ3) is 9.06. The molecule has 75 heavy (non-hydrogen) atoms. The molecule has 420 valence electrons. The number of aromatic nitrogens is 9. The minimum Gasteiger partial charge on any atom is -0.445 e. The number of aromatic amines is 3. The van der Waals surface area contributed by atoms with Crippen LogP contribution >= 0.6 is 11.3 Å². The molecule has 3 N–H and O–H groups in total. The van der Waals surface area contributed by atoms with Crippen molar-refractivity contribution in [2.75, 3.05) is 0 Å². The van der Waals surface area contributed by atoms with Gasteiger partial charge in [-0.1, -0.05) is 208 Å². The third-order valence-corrected chi connectivity index (χ3v) is 22.0. The average Bonchev–Trinajstić information content (AvgIpc) is 4.20. The third-order valence-electron chi connectivity index (χ3n) is 20.7. The van der Waals surface area contributed by atoms with E-state index in [-0.39, 0.29) is 59.6 Å². The van der Waals surface area contributed by atoms with Crippen LogP contribution in [0.2, 0.25) is 0 Å². The van der Waals surface area contributed by atoms with Crippen molar-refractivity contribution in [3.8, 4) is 0 Å². The highest BCUT2D eigenvalue weighted by molar-refractivity contribution is 7.12. The fourth-order valence-corrected chi connectivity index (χ4v) is 12.1. The number of fused-ring (bicyclic) bond motifs is 6. The van der Waals surface area contributed by atoms with Crippen molar-refractivity contribution in [2.24, 2.45) is 0 Å². The van der Waals surface area contributed by atoms with E-state index in [1.165, 1.54) is 49.6 Å². The topological polar surface area (TPSA) is 151 Å². The first kappa shape index (κ1) is 63.2. The van der Waals surface area contributed by atoms with Crippen LogP contribution in [0, 0.1) is 20.8 Å². The van der Waals surface area contributed by atoms with Gasteiger partial charge in [-0.3, -0.25) is 5.10 Å². The van der Waals surface area contributed by atoms with Gasteiger partial charge in [0.2, 0.25) is 0 Å². The van der Waals surface area contributed by atoms with Crippen molar-refractivity contribution in [3.05, 3.63) is 103 Å². The highest BCUT2D eigenvalue weighted by Gasteiger charge is 2.59. The average molecular weight is 1050 g/mol. The van der Waals surface area contributed by atoms with Gasteiger partial charge in [-0.15, -0.1) is 11.3 Å². The molecule has 0 bridgehead atoms. The van der Waals surface area contributed by atoms with Gasteiger partial charge in [0.25, 0.3) is 0 Å². The van der Waals surface area contributed by atoms with Gasteiger partial charge in [0.1, 0.15) is 11.5 Å². The first-order chi connectivity index (χ1) is 34.0. The van der Waals surface area contributed by atoms with Gasteiger partial charge in [-0.25, -0.2) is 24.9 Å². The zero-order valence-electron chi connectivity index (χ0n) is 53.6. The summed E-state index contributed by atoms with van der Waals surface area (Å²) < 4.78 is 11.1. The number of hydrogen-bond acceptors (Lipinski definition) is 9. The molecule has 0 amide bonds. The van der Waals surface area contributed by atoms with Crippen LogP contribution in [-0.2, 0) is 65.0 Å². The second-order valence-corrected chi connectivity index (χ2v) is 28.3. The molecule has 0 unspecified atom stereocenters. The van der Waals surface area contributed by atoms with Crippen molar-refractivity contribution in [1.82, 2.24) is 45.1 Å². The summed E-state index contributed by atoms with van der Waals surface area (Å²) >= 11 is 1.85. The molecule has 6 aromatic rings. The molecule has 0 fully saturated rings. The predicted molar refractivity (Wildman–Crippen MR) is 315 cm³/mol. The molecule has 6 aliphatic rings. The number of thiazole rings is 1. The maximum Gasteiger partial charge on any atom is 0.191 e. The monoisotopic (exact) mass is 1050 g/mol. The Morgan fingerprint density at radius 2 is 0.707 bits per heavy atom. The van der Waals surface area contributed by atoms with Crippen LogP contribution in [0.15, 0.2) is 27.7 Å². The summed E-state index contributed by atoms with van der Waals surface area (Å²) in [6.07, 6.45) is 5.53. The lowest BCUT2D eigenvalue weighted by Gasteiger charge is -2.50. The smallest absolute Gasteiger partial charge is 0.191 e. The Hall–Kier alpha value is -4.32. The normalized spacial score (nSPS) is 21.9. The lowest BCUT2D eigenvalue weighted by atomic mass is 9.52. The highest BCUT2D eigenvalue weighted by Crippen LogP contribution is 2.59. The number of nitrogens with zero attached hydrogens (tertiary/aromatic N) is 6. The summed E-state index contributed by atoms with van der Waals surface area (Å²) in [7, 11) is 0. The quantitative estimate of drug-likeness (QED) is 0.136. The zero-order valence-corrected chi connectivity index (χ0v) is 54.5. The number of rotatable bonds is 0. The van der Waals surface area contributed by atoms with Gasteiger partial charge < -0.3 is 18.8 Å². The maximum atomic E-state index is 5.54. The molecule has 0 radical (unpaired) electrons. The number of hydrogen-bond donors (Lipinski definition) is 3. The lowest BCUT2D eigenvalue weighted by Crippen LogP contribution is -2.51. The first-order valence-corrected chi connectivity index (χ1v) is 28.9. The van der Waals surface area contributed by atoms with E-state index < -0.39 is 0 Å². The molecule has 11 nitrogen and oxygen atoms in total. The molecule has 0 saturated carbocycles. The molecule has 0 spiro atoms. The molecule has 0 aromatic carbocycles. The molecular formula is C63H105N9O2S. The summed E-state index contributed by atoms with van der Waals surface area (Å²) in [4.78, 5) is 29.8. The van der Waals surface area contributed by atoms with Gasteiger partial charge in [0.05, 0.1) is 52.3 Å². The molecule has 12 rings (SSSR count). The number of H-pyrrole nitrogens is 3. The van der Waals surface area contributed by atoms with Crippen LogP contribution in [-0.4, -0.2) is 45.1 Å². The molecule has 0 atom stereocenters. The van der Waals surface area contributed by atoms with E-state index in [1.807, 2.05) is 72.9 Å². The van der Waals surface area contributed by atoms with E-state index in [2.05, 4.69) is 218 Å². The van der Waals surface area contributed by atoms with Crippen LogP contribution in [0.1, 0.15) is 292 Å². The van der Waals surface area contributed by atoms with Gasteiger partial charge >= 0.3 is 0 Å². The van der Waals surface area contributed by atoms with E-state index in [0.29, 0.717) is 5.41 Å². The van der Waals surface area contributed by atoms with Crippen LogP contribution in [0.4, 0.5) is 0 Å². The lowest BCUT2D eigenvalue weighted by molar-refractivity contribution is 0.185. The Morgan fingerprint density at radius 1 is 0.373 bits per heavy atom. The van der Waals surface area contributed by atoms with Crippen LogP contribution in [0.5, 0.6) is 0 Å². The summed E-state index contributed by atoms with van der Waals surface area (Å²) in [5.41, 5.74) is 14.2. The fraction of sp³-hybridized carbons (Fsp3) is 0.714. The standard InChI is InChI=1S/2C10H15NO.C10H15NS.3C9H14N2.3C2H6/c3*1-6-11-7-8(12-6)10(4,5)9(7,2)3;2*1-8(2)6-7(9(8,3)4)11-5-10-6;1-8(2)6-5-10-11-7(6)9(8,3)4;3*1-2/h3*1-5H3;3*5H,1-4H3,(H,10,11);3*1-2H3. The predicted octanol–water partition coefficient (Wildman–Crippen LogP) is 17.1. The van der Waals surface area contributed by atoms with Gasteiger partial charge in [0, 0.05) is 106 Å². The molecule has 0 aliphatic heterocycles. The fourth-order valence-electron chi connectivity index (χ4n) is 10.8. The van der Waals surface area contributed by atoms with E-state index in [1.54, 1.807) is 12.7 Å². The Kier molecular flexibility index (Phi) is 17.0. The number of aryl methyl sites for hydroxylation is 3. The number of nitrogens with one attached hydrogen (secondary N) is 3. The maximum absolute atomic E-state index is 5.54. The molecule has 6 aromatic heterocycles. The summed E-state index contributed by atoms with van der Waals surface area (Å²) in [6.45, 7) is 71.9. The van der Waals surface area contributed by atoms with Crippen LogP contribution in [0.3, 0.4) is 0 Å². The molecular weight excluding hydrogens is 947 g/mol. The second-order valence-electron chi connectivity index (χ2n) is 27.1. The SMILES string of the molecule is CC.CC.CC.CC1(C)c2cn[nH]c2C1(C)C.CC1(C)c2nc[nH]c2C1(C)C.CC1(C)c2nc[nH]c2C1(C)C.Cc1nc2c(o1)C(C)(C)C2(C)C.Cc1nc2c(o1)C(C)(C)C2(C)C.Cc1nc2c(s1)C(C)(C)C2(C)C. The number of imidazole rings is 2. The molecule has 0 saturated heterocycles. The van der Waals surface area contributed by atoms with Gasteiger partial charge in [-0.2, -0.15) is 5.10 Å². The van der Waals surface area contributed by atoms with Crippen molar-refractivity contribution in [3.63, 3.8) is 0 Å². The van der Waals surface area contributed by atoms with E-state index >= 15 is 0 Å². The largest absolute Gasteiger partial charge is 0.445 e. The van der Waals surface area contributed by atoms with Crippen molar-refractivity contribution >= 4 is 11.3 Å². The molecule has 6 aliphatic carbocycles. The minimum absolute atomic E-state index is 0.142. The molecule has 12 heteroatoms. The number of oxazole rings is 2. The zero-order chi connectivity index (χ0) is 58.3. The van der Waals surface area contributed by atoms with Crippen molar-refractivity contribution in [1.29, 1.82) is 0 Å².